The Labute approximate surface area is 88.9 Å². The molecular formula is C11H14N2O2. The van der Waals surface area contributed by atoms with Gasteiger partial charge in [-0.05, 0) is 32.9 Å². The molecule has 0 saturated carbocycles. The Balaban J connectivity index is 2.55. The standard InChI is InChI=1S/C11H14N2O2/c1-8-4-5-9(15-8)10(14)13-7-11(2,3)6-12/h4-5H,7H2,1-3H3,(H,13,14). The van der Waals surface area contributed by atoms with E-state index in [1.807, 2.05) is 0 Å². The lowest BCUT2D eigenvalue weighted by atomic mass is 9.96. The summed E-state index contributed by atoms with van der Waals surface area (Å²) in [5.41, 5.74) is -0.558. The molecule has 1 rings (SSSR count). The predicted molar refractivity (Wildman–Crippen MR) is 55.2 cm³/mol. The highest BCUT2D eigenvalue weighted by molar-refractivity contribution is 5.91. The minimum atomic E-state index is -0.558. The van der Waals surface area contributed by atoms with Gasteiger partial charge in [0.05, 0.1) is 11.5 Å². The average Bonchev–Trinajstić information content (AvgIpc) is 2.61. The van der Waals surface area contributed by atoms with E-state index in [1.165, 1.54) is 0 Å². The van der Waals surface area contributed by atoms with E-state index in [-0.39, 0.29) is 11.7 Å². The molecule has 0 aliphatic carbocycles. The topological polar surface area (TPSA) is 66.0 Å². The lowest BCUT2D eigenvalue weighted by Gasteiger charge is -2.14. The first-order valence-corrected chi connectivity index (χ1v) is 4.70. The van der Waals surface area contributed by atoms with Crippen LogP contribution in [-0.2, 0) is 0 Å². The number of carbonyl (C=O) groups is 1. The molecule has 0 aliphatic heterocycles. The second-order valence-corrected chi connectivity index (χ2v) is 4.09. The van der Waals surface area contributed by atoms with Crippen LogP contribution in [0.25, 0.3) is 0 Å². The smallest absolute Gasteiger partial charge is 0.287 e. The number of nitrogens with zero attached hydrogens (tertiary/aromatic N) is 1. The molecule has 80 valence electrons. The first kappa shape index (κ1) is 11.3. The Hall–Kier alpha value is -1.76. The van der Waals surface area contributed by atoms with Gasteiger partial charge in [-0.3, -0.25) is 4.79 Å². The number of nitrogens with one attached hydrogen (secondary N) is 1. The molecule has 1 aromatic rings. The van der Waals surface area contributed by atoms with Crippen molar-refractivity contribution in [2.45, 2.75) is 20.8 Å². The first-order valence-electron chi connectivity index (χ1n) is 4.70. The van der Waals surface area contributed by atoms with Gasteiger partial charge < -0.3 is 9.73 Å². The van der Waals surface area contributed by atoms with Gasteiger partial charge in [0.2, 0.25) is 0 Å². The van der Waals surface area contributed by atoms with Gasteiger partial charge in [-0.2, -0.15) is 5.26 Å². The van der Waals surface area contributed by atoms with Crippen molar-refractivity contribution in [3.63, 3.8) is 0 Å². The van der Waals surface area contributed by atoms with Gasteiger partial charge in [0, 0.05) is 6.54 Å². The molecule has 1 heterocycles. The summed E-state index contributed by atoms with van der Waals surface area (Å²) in [5.74, 6) is 0.687. The molecule has 1 N–H and O–H groups in total. The number of amides is 1. The maximum absolute atomic E-state index is 11.5. The molecule has 1 amide bonds. The molecule has 0 unspecified atom stereocenters. The summed E-state index contributed by atoms with van der Waals surface area (Å²) in [5, 5.41) is 11.4. The molecule has 0 aliphatic rings. The van der Waals surface area contributed by atoms with Crippen LogP contribution in [0.5, 0.6) is 0 Å². The Morgan fingerprint density at radius 1 is 1.60 bits per heavy atom. The normalized spacial score (nSPS) is 10.8. The maximum atomic E-state index is 11.5. The fourth-order valence-electron chi connectivity index (χ4n) is 0.984. The second-order valence-electron chi connectivity index (χ2n) is 4.09. The van der Waals surface area contributed by atoms with E-state index in [0.29, 0.717) is 12.3 Å². The SMILES string of the molecule is Cc1ccc(C(=O)NCC(C)(C)C#N)o1. The van der Waals surface area contributed by atoms with Crippen LogP contribution in [-0.4, -0.2) is 12.5 Å². The first-order chi connectivity index (χ1) is 6.94. The van der Waals surface area contributed by atoms with E-state index in [0.717, 1.165) is 0 Å². The molecule has 0 spiro atoms. The van der Waals surface area contributed by atoms with Crippen molar-refractivity contribution in [2.75, 3.05) is 6.54 Å². The number of hydrogen-bond acceptors (Lipinski definition) is 3. The number of aryl methyl sites for hydroxylation is 1. The van der Waals surface area contributed by atoms with Crippen LogP contribution < -0.4 is 5.32 Å². The molecular weight excluding hydrogens is 192 g/mol. The van der Waals surface area contributed by atoms with Crippen LogP contribution in [0.15, 0.2) is 16.5 Å². The molecule has 0 fully saturated rings. The number of nitriles is 1. The molecule has 4 nitrogen and oxygen atoms in total. The molecule has 0 bridgehead atoms. The molecule has 1 aromatic heterocycles. The Kier molecular flexibility index (Phi) is 3.15. The van der Waals surface area contributed by atoms with Crippen LogP contribution in [0, 0.1) is 23.7 Å². The summed E-state index contributed by atoms with van der Waals surface area (Å²) < 4.78 is 5.15. The van der Waals surface area contributed by atoms with Crippen molar-refractivity contribution < 1.29 is 9.21 Å². The van der Waals surface area contributed by atoms with Crippen LogP contribution >= 0.6 is 0 Å². The van der Waals surface area contributed by atoms with Gasteiger partial charge in [0.1, 0.15) is 5.76 Å². The number of hydrogen-bond donors (Lipinski definition) is 1. The maximum Gasteiger partial charge on any atom is 0.287 e. The zero-order valence-electron chi connectivity index (χ0n) is 9.13. The van der Waals surface area contributed by atoms with Gasteiger partial charge in [0.15, 0.2) is 5.76 Å². The van der Waals surface area contributed by atoms with Gasteiger partial charge in [0.25, 0.3) is 5.91 Å². The monoisotopic (exact) mass is 206 g/mol. The minimum absolute atomic E-state index is 0.279. The van der Waals surface area contributed by atoms with Crippen LogP contribution in [0.2, 0.25) is 0 Å². The molecule has 0 atom stereocenters. The average molecular weight is 206 g/mol. The minimum Gasteiger partial charge on any atom is -0.456 e. The van der Waals surface area contributed by atoms with Crippen LogP contribution in [0.1, 0.15) is 30.2 Å². The van der Waals surface area contributed by atoms with Crippen molar-refractivity contribution >= 4 is 5.91 Å². The summed E-state index contributed by atoms with van der Waals surface area (Å²) in [7, 11) is 0. The fraction of sp³-hybridized carbons (Fsp3) is 0.455. The number of furan rings is 1. The Morgan fingerprint density at radius 2 is 2.27 bits per heavy atom. The van der Waals surface area contributed by atoms with E-state index in [2.05, 4.69) is 11.4 Å². The van der Waals surface area contributed by atoms with Gasteiger partial charge in [-0.15, -0.1) is 0 Å². The second kappa shape index (κ2) is 4.18. The molecule has 0 radical (unpaired) electrons. The molecule has 0 saturated heterocycles. The highest BCUT2D eigenvalue weighted by Crippen LogP contribution is 2.11. The quantitative estimate of drug-likeness (QED) is 0.820. The third-order valence-electron chi connectivity index (χ3n) is 1.96. The number of rotatable bonds is 3. The Bertz CT molecular complexity index is 399. The Morgan fingerprint density at radius 3 is 2.73 bits per heavy atom. The van der Waals surface area contributed by atoms with E-state index >= 15 is 0 Å². The zero-order valence-corrected chi connectivity index (χ0v) is 9.13. The van der Waals surface area contributed by atoms with Crippen molar-refractivity contribution in [1.82, 2.24) is 5.32 Å². The van der Waals surface area contributed by atoms with Crippen molar-refractivity contribution in [2.24, 2.45) is 5.41 Å². The van der Waals surface area contributed by atoms with E-state index in [4.69, 9.17) is 9.68 Å². The van der Waals surface area contributed by atoms with Crippen molar-refractivity contribution in [3.05, 3.63) is 23.7 Å². The van der Waals surface area contributed by atoms with E-state index in [1.54, 1.807) is 32.9 Å². The van der Waals surface area contributed by atoms with Crippen LogP contribution in [0.4, 0.5) is 0 Å². The molecule has 0 aromatic carbocycles. The number of carbonyl (C=O) groups excluding carboxylic acids is 1. The largest absolute Gasteiger partial charge is 0.456 e. The summed E-state index contributed by atoms with van der Waals surface area (Å²) in [6, 6.07) is 5.45. The van der Waals surface area contributed by atoms with Gasteiger partial charge in [-0.1, -0.05) is 0 Å². The lowest BCUT2D eigenvalue weighted by Crippen LogP contribution is -2.32. The summed E-state index contributed by atoms with van der Waals surface area (Å²) in [6.07, 6.45) is 0. The summed E-state index contributed by atoms with van der Waals surface area (Å²) >= 11 is 0. The summed E-state index contributed by atoms with van der Waals surface area (Å²) in [4.78, 5) is 11.5. The molecule has 4 heteroatoms. The summed E-state index contributed by atoms with van der Waals surface area (Å²) in [6.45, 7) is 5.61. The van der Waals surface area contributed by atoms with Gasteiger partial charge >= 0.3 is 0 Å². The lowest BCUT2D eigenvalue weighted by molar-refractivity contribution is 0.0914. The fourth-order valence-corrected chi connectivity index (χ4v) is 0.984. The van der Waals surface area contributed by atoms with Crippen molar-refractivity contribution in [1.29, 1.82) is 5.26 Å². The predicted octanol–water partition coefficient (Wildman–Crippen LogP) is 1.87. The van der Waals surface area contributed by atoms with E-state index in [9.17, 15) is 4.79 Å². The van der Waals surface area contributed by atoms with Crippen molar-refractivity contribution in [3.8, 4) is 6.07 Å². The molecule has 15 heavy (non-hydrogen) atoms. The third kappa shape index (κ3) is 3.13. The zero-order chi connectivity index (χ0) is 11.5. The van der Waals surface area contributed by atoms with E-state index < -0.39 is 5.41 Å². The van der Waals surface area contributed by atoms with Gasteiger partial charge in [-0.25, -0.2) is 0 Å². The highest BCUT2D eigenvalue weighted by Gasteiger charge is 2.19. The third-order valence-corrected chi connectivity index (χ3v) is 1.96. The highest BCUT2D eigenvalue weighted by atomic mass is 16.3. The van der Waals surface area contributed by atoms with Crippen LogP contribution in [0.3, 0.4) is 0 Å².